The van der Waals surface area contributed by atoms with Crippen LogP contribution in [0.4, 0.5) is 5.82 Å². The summed E-state index contributed by atoms with van der Waals surface area (Å²) in [6.07, 6.45) is 9.49. The number of aliphatic hydroxyl groups excluding tert-OH is 1. The molecule has 1 heterocycles. The molecule has 4 bridgehead atoms. The van der Waals surface area contributed by atoms with Gasteiger partial charge in [0.15, 0.2) is 0 Å². The number of nitrogens with one attached hydrogen (secondary N) is 1. The van der Waals surface area contributed by atoms with Gasteiger partial charge < -0.3 is 10.4 Å². The van der Waals surface area contributed by atoms with Crippen LogP contribution in [0, 0.1) is 37.0 Å². The molecular weight excluding hydrogens is 274 g/mol. The van der Waals surface area contributed by atoms with Gasteiger partial charge in [-0.05, 0) is 75.5 Å². The maximum Gasteiger partial charge on any atom is 0.147 e. The first-order valence-corrected chi connectivity index (χ1v) is 8.76. The van der Waals surface area contributed by atoms with Gasteiger partial charge in [-0.3, -0.25) is 4.98 Å². The van der Waals surface area contributed by atoms with E-state index in [1.807, 2.05) is 13.8 Å². The standard InChI is InChI=1S/C18H27N3O/c1-11-9-19-12(2)17(21-11)20-10-16(22)18-6-13-3-14(7-18)5-15(4-13)8-18/h9,13-16,22H,3-8,10H2,1-2H3,(H,20,21). The van der Waals surface area contributed by atoms with E-state index in [-0.39, 0.29) is 11.5 Å². The van der Waals surface area contributed by atoms with Gasteiger partial charge in [-0.15, -0.1) is 0 Å². The Morgan fingerprint density at radius 3 is 2.36 bits per heavy atom. The van der Waals surface area contributed by atoms with Gasteiger partial charge in [0.25, 0.3) is 0 Å². The molecule has 2 N–H and O–H groups in total. The van der Waals surface area contributed by atoms with Crippen LogP contribution in [-0.4, -0.2) is 27.7 Å². The maximum absolute atomic E-state index is 10.9. The van der Waals surface area contributed by atoms with E-state index in [9.17, 15) is 5.11 Å². The third-order valence-electron chi connectivity index (χ3n) is 6.33. The highest BCUT2D eigenvalue weighted by Gasteiger charge is 2.53. The lowest BCUT2D eigenvalue weighted by molar-refractivity contribution is -0.115. The van der Waals surface area contributed by atoms with Gasteiger partial charge in [-0.2, -0.15) is 0 Å². The molecule has 4 aliphatic rings. The van der Waals surface area contributed by atoms with Crippen molar-refractivity contribution in [2.45, 2.75) is 58.5 Å². The van der Waals surface area contributed by atoms with Gasteiger partial charge >= 0.3 is 0 Å². The number of aliphatic hydroxyl groups is 1. The lowest BCUT2D eigenvalue weighted by atomic mass is 9.48. The molecule has 0 radical (unpaired) electrons. The molecule has 0 spiro atoms. The van der Waals surface area contributed by atoms with E-state index in [0.717, 1.165) is 35.0 Å². The van der Waals surface area contributed by atoms with Crippen LogP contribution in [0.5, 0.6) is 0 Å². The van der Waals surface area contributed by atoms with Crippen molar-refractivity contribution in [2.75, 3.05) is 11.9 Å². The van der Waals surface area contributed by atoms with Crippen molar-refractivity contribution in [1.29, 1.82) is 0 Å². The fraction of sp³-hybridized carbons (Fsp3) is 0.778. The Labute approximate surface area is 132 Å². The Kier molecular flexibility index (Phi) is 3.40. The monoisotopic (exact) mass is 301 g/mol. The molecule has 4 heteroatoms. The molecule has 5 rings (SSSR count). The summed E-state index contributed by atoms with van der Waals surface area (Å²) in [4.78, 5) is 8.85. The van der Waals surface area contributed by atoms with E-state index in [2.05, 4.69) is 15.3 Å². The van der Waals surface area contributed by atoms with Crippen molar-refractivity contribution in [3.63, 3.8) is 0 Å². The quantitative estimate of drug-likeness (QED) is 0.897. The van der Waals surface area contributed by atoms with E-state index >= 15 is 0 Å². The van der Waals surface area contributed by atoms with Gasteiger partial charge in [0.1, 0.15) is 5.82 Å². The van der Waals surface area contributed by atoms with Crippen LogP contribution in [0.2, 0.25) is 0 Å². The first-order valence-electron chi connectivity index (χ1n) is 8.76. The van der Waals surface area contributed by atoms with Crippen LogP contribution in [-0.2, 0) is 0 Å². The van der Waals surface area contributed by atoms with Crippen LogP contribution in [0.25, 0.3) is 0 Å². The molecule has 1 aromatic rings. The SMILES string of the molecule is Cc1cnc(C)c(NCC(O)C23CC4CC(CC(C4)C2)C3)n1. The number of anilines is 1. The van der Waals surface area contributed by atoms with Crippen LogP contribution < -0.4 is 5.32 Å². The molecule has 4 fully saturated rings. The average molecular weight is 301 g/mol. The van der Waals surface area contributed by atoms with Gasteiger partial charge in [0.2, 0.25) is 0 Å². The number of aryl methyl sites for hydroxylation is 2. The molecule has 0 saturated heterocycles. The van der Waals surface area contributed by atoms with Crippen molar-refractivity contribution in [3.8, 4) is 0 Å². The molecule has 1 unspecified atom stereocenters. The summed E-state index contributed by atoms with van der Waals surface area (Å²) in [7, 11) is 0. The molecule has 4 aliphatic carbocycles. The summed E-state index contributed by atoms with van der Waals surface area (Å²) in [6.45, 7) is 4.52. The number of nitrogens with zero attached hydrogens (tertiary/aromatic N) is 2. The Hall–Kier alpha value is -1.16. The van der Waals surface area contributed by atoms with Crippen LogP contribution in [0.15, 0.2) is 6.20 Å². The lowest BCUT2D eigenvalue weighted by Crippen LogP contribution is -2.53. The highest BCUT2D eigenvalue weighted by molar-refractivity contribution is 5.39. The molecule has 1 aromatic heterocycles. The minimum absolute atomic E-state index is 0.174. The summed E-state index contributed by atoms with van der Waals surface area (Å²) in [5.41, 5.74) is 1.99. The number of aromatic nitrogens is 2. The second-order valence-corrected chi connectivity index (χ2v) is 8.12. The molecule has 0 amide bonds. The van der Waals surface area contributed by atoms with E-state index in [4.69, 9.17) is 0 Å². The van der Waals surface area contributed by atoms with Gasteiger partial charge in [0, 0.05) is 12.7 Å². The fourth-order valence-corrected chi connectivity index (χ4v) is 5.70. The summed E-state index contributed by atoms with van der Waals surface area (Å²) in [5, 5.41) is 14.3. The second kappa shape index (κ2) is 5.19. The maximum atomic E-state index is 10.9. The predicted molar refractivity (Wildman–Crippen MR) is 86.6 cm³/mol. The molecular formula is C18H27N3O. The van der Waals surface area contributed by atoms with Gasteiger partial charge in [-0.25, -0.2) is 4.98 Å². The Morgan fingerprint density at radius 1 is 1.18 bits per heavy atom. The first-order chi connectivity index (χ1) is 10.5. The van der Waals surface area contributed by atoms with Crippen molar-refractivity contribution in [2.24, 2.45) is 23.2 Å². The highest BCUT2D eigenvalue weighted by Crippen LogP contribution is 2.61. The van der Waals surface area contributed by atoms with E-state index < -0.39 is 0 Å². The zero-order valence-corrected chi connectivity index (χ0v) is 13.7. The molecule has 0 aliphatic heterocycles. The van der Waals surface area contributed by atoms with Gasteiger partial charge in [0.05, 0.1) is 17.5 Å². The van der Waals surface area contributed by atoms with Crippen molar-refractivity contribution in [3.05, 3.63) is 17.6 Å². The van der Waals surface area contributed by atoms with Crippen LogP contribution in [0.1, 0.15) is 49.9 Å². The molecule has 120 valence electrons. The number of hydrogen-bond acceptors (Lipinski definition) is 4. The highest BCUT2D eigenvalue weighted by atomic mass is 16.3. The van der Waals surface area contributed by atoms with Crippen LogP contribution in [0.3, 0.4) is 0 Å². The zero-order valence-electron chi connectivity index (χ0n) is 13.7. The zero-order chi connectivity index (χ0) is 15.3. The summed E-state index contributed by atoms with van der Waals surface area (Å²) in [6, 6.07) is 0. The number of rotatable bonds is 4. The predicted octanol–water partition coefficient (Wildman–Crippen LogP) is 3.08. The van der Waals surface area contributed by atoms with Crippen molar-refractivity contribution < 1.29 is 5.11 Å². The van der Waals surface area contributed by atoms with E-state index in [1.165, 1.54) is 38.5 Å². The molecule has 1 atom stereocenters. The Balaban J connectivity index is 1.46. The summed E-state index contributed by atoms with van der Waals surface area (Å²) < 4.78 is 0. The molecule has 4 nitrogen and oxygen atoms in total. The molecule has 22 heavy (non-hydrogen) atoms. The fourth-order valence-electron chi connectivity index (χ4n) is 5.70. The topological polar surface area (TPSA) is 58.0 Å². The summed E-state index contributed by atoms with van der Waals surface area (Å²) >= 11 is 0. The Morgan fingerprint density at radius 2 is 1.77 bits per heavy atom. The Bertz CT molecular complexity index is 536. The normalized spacial score (nSPS) is 37.3. The van der Waals surface area contributed by atoms with Crippen molar-refractivity contribution in [1.82, 2.24) is 9.97 Å². The summed E-state index contributed by atoms with van der Waals surface area (Å²) in [5.74, 6) is 3.45. The second-order valence-electron chi connectivity index (χ2n) is 8.12. The third-order valence-corrected chi connectivity index (χ3v) is 6.33. The van der Waals surface area contributed by atoms with Crippen molar-refractivity contribution >= 4 is 5.82 Å². The largest absolute Gasteiger partial charge is 0.391 e. The average Bonchev–Trinajstić information content (AvgIpc) is 2.46. The minimum Gasteiger partial charge on any atom is -0.391 e. The van der Waals surface area contributed by atoms with Crippen LogP contribution >= 0.6 is 0 Å². The molecule has 0 aromatic carbocycles. The smallest absolute Gasteiger partial charge is 0.147 e. The minimum atomic E-state index is -0.261. The number of hydrogen-bond donors (Lipinski definition) is 2. The van der Waals surface area contributed by atoms with E-state index in [0.29, 0.717) is 6.54 Å². The third kappa shape index (κ3) is 2.41. The lowest BCUT2D eigenvalue weighted by Gasteiger charge is -2.58. The first kappa shape index (κ1) is 14.4. The molecule has 4 saturated carbocycles. The van der Waals surface area contributed by atoms with E-state index in [1.54, 1.807) is 6.20 Å². The van der Waals surface area contributed by atoms with Gasteiger partial charge in [-0.1, -0.05) is 0 Å².